The molecule has 1 aliphatic rings. The second-order valence-electron chi connectivity index (χ2n) is 7.63. The van der Waals surface area contributed by atoms with E-state index >= 15 is 0 Å². The van der Waals surface area contributed by atoms with Crippen LogP contribution in [0, 0.1) is 0 Å². The normalized spacial score (nSPS) is 17.0. The largest absolute Gasteiger partial charge is 0.497 e. The molecule has 2 heterocycles. The Bertz CT molecular complexity index is 1030. The summed E-state index contributed by atoms with van der Waals surface area (Å²) in [5.74, 6) is 0.667. The van der Waals surface area contributed by atoms with E-state index in [2.05, 4.69) is 41.4 Å². The van der Waals surface area contributed by atoms with Crippen LogP contribution in [0.25, 0.3) is 11.0 Å². The van der Waals surface area contributed by atoms with Crippen molar-refractivity contribution in [1.29, 1.82) is 0 Å². The molecule has 0 spiro atoms. The highest BCUT2D eigenvalue weighted by Crippen LogP contribution is 2.27. The summed E-state index contributed by atoms with van der Waals surface area (Å²) in [6.07, 6.45) is 0. The van der Waals surface area contributed by atoms with E-state index in [1.165, 1.54) is 5.56 Å². The van der Waals surface area contributed by atoms with Crippen molar-refractivity contribution < 1.29 is 13.9 Å². The fraction of sp³-hybridized carbons (Fsp3) is 0.375. The molecule has 1 fully saturated rings. The molecule has 0 saturated carbocycles. The van der Waals surface area contributed by atoms with E-state index in [1.54, 1.807) is 19.2 Å². The molecule has 2 aromatic carbocycles. The van der Waals surface area contributed by atoms with Crippen LogP contribution in [0.5, 0.6) is 5.75 Å². The molecule has 4 rings (SSSR count). The second kappa shape index (κ2) is 9.43. The summed E-state index contributed by atoms with van der Waals surface area (Å²) in [5, 5.41) is 4.56. The van der Waals surface area contributed by atoms with Gasteiger partial charge in [-0.1, -0.05) is 30.3 Å². The highest BCUT2D eigenvalue weighted by Gasteiger charge is 2.27. The van der Waals surface area contributed by atoms with Gasteiger partial charge >= 0.3 is 5.63 Å². The molecule has 0 radical (unpaired) electrons. The Morgan fingerprint density at radius 1 is 1.10 bits per heavy atom. The first kappa shape index (κ1) is 20.6. The summed E-state index contributed by atoms with van der Waals surface area (Å²) in [6, 6.07) is 18.1. The van der Waals surface area contributed by atoms with Gasteiger partial charge in [-0.15, -0.1) is 0 Å². The summed E-state index contributed by atoms with van der Waals surface area (Å²) in [6.45, 7) is 6.09. The van der Waals surface area contributed by atoms with Crippen LogP contribution in [0.2, 0.25) is 0 Å². The number of nitrogens with zero attached hydrogens (tertiary/aromatic N) is 1. The summed E-state index contributed by atoms with van der Waals surface area (Å²) < 4.78 is 16.2. The number of nitrogens with one attached hydrogen (secondary N) is 1. The molecular formula is C24H28N2O4. The fourth-order valence-electron chi connectivity index (χ4n) is 4.19. The van der Waals surface area contributed by atoms with E-state index in [4.69, 9.17) is 13.9 Å². The van der Waals surface area contributed by atoms with Crippen molar-refractivity contribution in [2.24, 2.45) is 0 Å². The van der Waals surface area contributed by atoms with Gasteiger partial charge in [0.05, 0.1) is 26.4 Å². The zero-order valence-corrected chi connectivity index (χ0v) is 17.5. The van der Waals surface area contributed by atoms with Crippen LogP contribution >= 0.6 is 0 Å². The van der Waals surface area contributed by atoms with Crippen LogP contribution in [0.1, 0.15) is 24.1 Å². The monoisotopic (exact) mass is 408 g/mol. The van der Waals surface area contributed by atoms with E-state index in [-0.39, 0.29) is 17.7 Å². The molecule has 158 valence electrons. The number of benzene rings is 2. The van der Waals surface area contributed by atoms with Crippen molar-refractivity contribution in [1.82, 2.24) is 10.2 Å². The maximum absolute atomic E-state index is 12.1. The highest BCUT2D eigenvalue weighted by molar-refractivity contribution is 5.81. The number of hydrogen-bond acceptors (Lipinski definition) is 6. The first-order valence-corrected chi connectivity index (χ1v) is 10.4. The van der Waals surface area contributed by atoms with Gasteiger partial charge in [0.15, 0.2) is 0 Å². The molecule has 0 aliphatic carbocycles. The topological polar surface area (TPSA) is 63.9 Å². The Kier molecular flexibility index (Phi) is 6.47. The molecule has 6 heteroatoms. The van der Waals surface area contributed by atoms with Crippen LogP contribution in [0.3, 0.4) is 0 Å². The smallest absolute Gasteiger partial charge is 0.336 e. The maximum atomic E-state index is 12.1. The predicted octanol–water partition coefficient (Wildman–Crippen LogP) is 3.35. The Morgan fingerprint density at radius 2 is 1.87 bits per heavy atom. The Hall–Kier alpha value is -2.67. The molecule has 1 aliphatic heterocycles. The number of fused-ring (bicyclic) bond motifs is 1. The van der Waals surface area contributed by atoms with Crippen molar-refractivity contribution in [3.63, 3.8) is 0 Å². The Morgan fingerprint density at radius 3 is 2.60 bits per heavy atom. The van der Waals surface area contributed by atoms with Gasteiger partial charge in [0.2, 0.25) is 0 Å². The SMILES string of the molecule is COc1ccc2c(CN[C@@H](C)[C@@H](c3ccccc3)N3CCOCC3)cc(=O)oc2c1. The van der Waals surface area contributed by atoms with E-state index < -0.39 is 0 Å². The number of hydrogen-bond donors (Lipinski definition) is 1. The van der Waals surface area contributed by atoms with E-state index in [0.717, 1.165) is 37.3 Å². The lowest BCUT2D eigenvalue weighted by Crippen LogP contribution is -2.46. The van der Waals surface area contributed by atoms with Crippen molar-refractivity contribution in [2.45, 2.75) is 25.6 Å². The first-order valence-electron chi connectivity index (χ1n) is 10.4. The molecule has 1 N–H and O–H groups in total. The zero-order valence-electron chi connectivity index (χ0n) is 17.5. The molecule has 0 bridgehead atoms. The first-order chi connectivity index (χ1) is 14.7. The van der Waals surface area contributed by atoms with Gasteiger partial charge in [0, 0.05) is 43.2 Å². The molecular weight excluding hydrogens is 380 g/mol. The van der Waals surface area contributed by atoms with Crippen LogP contribution in [0.15, 0.2) is 63.8 Å². The average molecular weight is 408 g/mol. The van der Waals surface area contributed by atoms with E-state index in [9.17, 15) is 4.79 Å². The van der Waals surface area contributed by atoms with Crippen LogP contribution in [-0.2, 0) is 11.3 Å². The third-order valence-corrected chi connectivity index (χ3v) is 5.71. The number of rotatable bonds is 7. The molecule has 1 saturated heterocycles. The predicted molar refractivity (Wildman–Crippen MR) is 117 cm³/mol. The molecule has 6 nitrogen and oxygen atoms in total. The van der Waals surface area contributed by atoms with Gasteiger partial charge in [-0.25, -0.2) is 4.79 Å². The van der Waals surface area contributed by atoms with Gasteiger partial charge in [-0.05, 0) is 30.2 Å². The van der Waals surface area contributed by atoms with E-state index in [0.29, 0.717) is 17.9 Å². The zero-order chi connectivity index (χ0) is 20.9. The van der Waals surface area contributed by atoms with Crippen molar-refractivity contribution >= 4 is 11.0 Å². The summed E-state index contributed by atoms with van der Waals surface area (Å²) in [7, 11) is 1.60. The number of morpholine rings is 1. The molecule has 3 aromatic rings. The van der Waals surface area contributed by atoms with Crippen LogP contribution in [-0.4, -0.2) is 44.4 Å². The third kappa shape index (κ3) is 4.56. The Balaban J connectivity index is 1.57. The van der Waals surface area contributed by atoms with Gasteiger partial charge in [0.1, 0.15) is 11.3 Å². The molecule has 0 amide bonds. The average Bonchev–Trinajstić information content (AvgIpc) is 2.78. The minimum Gasteiger partial charge on any atom is -0.497 e. The lowest BCUT2D eigenvalue weighted by Gasteiger charge is -2.38. The van der Waals surface area contributed by atoms with Crippen molar-refractivity contribution in [2.75, 3.05) is 33.4 Å². The van der Waals surface area contributed by atoms with Crippen LogP contribution < -0.4 is 15.7 Å². The van der Waals surface area contributed by atoms with E-state index in [1.807, 2.05) is 18.2 Å². The molecule has 1 aromatic heterocycles. The maximum Gasteiger partial charge on any atom is 0.336 e. The number of methoxy groups -OCH3 is 1. The van der Waals surface area contributed by atoms with Crippen LogP contribution in [0.4, 0.5) is 0 Å². The minimum atomic E-state index is -0.354. The molecule has 0 unspecified atom stereocenters. The lowest BCUT2D eigenvalue weighted by molar-refractivity contribution is 0.00855. The molecule has 30 heavy (non-hydrogen) atoms. The summed E-state index contributed by atoms with van der Waals surface area (Å²) in [5.41, 5.74) is 2.39. The highest BCUT2D eigenvalue weighted by atomic mass is 16.5. The summed E-state index contributed by atoms with van der Waals surface area (Å²) in [4.78, 5) is 14.6. The lowest BCUT2D eigenvalue weighted by atomic mass is 9.97. The van der Waals surface area contributed by atoms with Crippen molar-refractivity contribution in [3.8, 4) is 5.75 Å². The minimum absolute atomic E-state index is 0.172. The van der Waals surface area contributed by atoms with Gasteiger partial charge < -0.3 is 19.2 Å². The van der Waals surface area contributed by atoms with Gasteiger partial charge in [-0.3, -0.25) is 4.90 Å². The molecule has 2 atom stereocenters. The van der Waals surface area contributed by atoms with Crippen molar-refractivity contribution in [3.05, 3.63) is 76.1 Å². The van der Waals surface area contributed by atoms with Gasteiger partial charge in [0.25, 0.3) is 0 Å². The number of ether oxygens (including phenoxy) is 2. The van der Waals surface area contributed by atoms with Gasteiger partial charge in [-0.2, -0.15) is 0 Å². The fourth-order valence-corrected chi connectivity index (χ4v) is 4.19. The standard InChI is InChI=1S/C24H28N2O4/c1-17(24(18-6-4-3-5-7-18)26-10-12-29-13-11-26)25-16-19-14-23(27)30-22-15-20(28-2)8-9-21(19)22/h3-9,14-15,17,24-25H,10-13,16H2,1-2H3/t17-,24-/m0/s1. The third-order valence-electron chi connectivity index (χ3n) is 5.71. The Labute approximate surface area is 176 Å². The second-order valence-corrected chi connectivity index (χ2v) is 7.63. The summed E-state index contributed by atoms with van der Waals surface area (Å²) >= 11 is 0. The quantitative estimate of drug-likeness (QED) is 0.605.